The summed E-state index contributed by atoms with van der Waals surface area (Å²) >= 11 is 0. The zero-order valence-electron chi connectivity index (χ0n) is 30.4. The van der Waals surface area contributed by atoms with Crippen molar-refractivity contribution in [3.8, 4) is 11.5 Å². The van der Waals surface area contributed by atoms with Crippen LogP contribution in [-0.4, -0.2) is 58.4 Å². The van der Waals surface area contributed by atoms with Gasteiger partial charge in [0.15, 0.2) is 0 Å². The molecule has 0 saturated carbocycles. The normalized spacial score (nSPS) is 22.8. The molecule has 4 unspecified atom stereocenters. The van der Waals surface area contributed by atoms with E-state index >= 15 is 0 Å². The van der Waals surface area contributed by atoms with Crippen molar-refractivity contribution in [2.45, 2.75) is 155 Å². The second-order valence-electron chi connectivity index (χ2n) is 17.7. The molecule has 254 valence electrons. The molecular weight excluding hydrogens is 578 g/mol. The number of carbonyl (C=O) groups excluding carboxylic acids is 2. The molecule has 2 bridgehead atoms. The lowest BCUT2D eigenvalue weighted by Crippen LogP contribution is -2.60. The van der Waals surface area contributed by atoms with Crippen molar-refractivity contribution in [1.29, 1.82) is 0 Å². The van der Waals surface area contributed by atoms with Gasteiger partial charge in [0.2, 0.25) is 0 Å². The van der Waals surface area contributed by atoms with Gasteiger partial charge in [-0.25, -0.2) is 9.59 Å². The smallest absolute Gasteiger partial charge is 0.338 e. The van der Waals surface area contributed by atoms with Crippen LogP contribution in [0.1, 0.15) is 152 Å². The van der Waals surface area contributed by atoms with E-state index in [0.29, 0.717) is 24.0 Å². The topological polar surface area (TPSA) is 96.3 Å². The van der Waals surface area contributed by atoms with E-state index in [4.69, 9.17) is 9.47 Å². The third-order valence-corrected chi connectivity index (χ3v) is 9.84. The SMILES string of the molecule is CN1C2CCC(OC(=O)c3cc(C(C)(C)C)c(O)c(C(C)(C)C)c3)C1CCC2OC(=O)c1cc(C(C)(C)C)c(O)c(C(C)(C)C)c1. The lowest BCUT2D eigenvalue weighted by atomic mass is 9.78. The summed E-state index contributed by atoms with van der Waals surface area (Å²) in [5, 5.41) is 22.2. The summed E-state index contributed by atoms with van der Waals surface area (Å²) in [5.41, 5.74) is 2.43. The molecule has 46 heavy (non-hydrogen) atoms. The van der Waals surface area contributed by atoms with Gasteiger partial charge in [-0.1, -0.05) is 83.1 Å². The van der Waals surface area contributed by atoms with E-state index in [1.165, 1.54) is 0 Å². The van der Waals surface area contributed by atoms with Gasteiger partial charge in [0, 0.05) is 34.3 Å². The van der Waals surface area contributed by atoms with Gasteiger partial charge in [-0.3, -0.25) is 4.90 Å². The first-order valence-electron chi connectivity index (χ1n) is 16.8. The Morgan fingerprint density at radius 2 is 0.826 bits per heavy atom. The summed E-state index contributed by atoms with van der Waals surface area (Å²) in [4.78, 5) is 29.5. The Morgan fingerprint density at radius 1 is 0.565 bits per heavy atom. The highest BCUT2D eigenvalue weighted by Crippen LogP contribution is 2.42. The number of nitrogens with zero attached hydrogens (tertiary/aromatic N) is 1. The van der Waals surface area contributed by atoms with Gasteiger partial charge in [0.05, 0.1) is 11.1 Å². The number of hydrogen-bond donors (Lipinski definition) is 2. The van der Waals surface area contributed by atoms with Crippen molar-refractivity contribution in [2.24, 2.45) is 0 Å². The highest BCUT2D eigenvalue weighted by atomic mass is 16.6. The van der Waals surface area contributed by atoms with Crippen LogP contribution in [0.5, 0.6) is 11.5 Å². The van der Waals surface area contributed by atoms with Gasteiger partial charge in [-0.15, -0.1) is 0 Å². The summed E-state index contributed by atoms with van der Waals surface area (Å²) in [6, 6.07) is 7.15. The molecule has 7 nitrogen and oxygen atoms in total. The van der Waals surface area contributed by atoms with Crippen molar-refractivity contribution in [2.75, 3.05) is 7.05 Å². The van der Waals surface area contributed by atoms with Gasteiger partial charge in [-0.2, -0.15) is 0 Å². The van der Waals surface area contributed by atoms with E-state index in [-0.39, 0.29) is 69.4 Å². The minimum absolute atomic E-state index is 0.0209. The molecule has 2 aromatic rings. The number of phenolic OH excluding ortho intramolecular Hbond substituents is 2. The molecule has 2 aliphatic heterocycles. The number of carbonyl (C=O) groups is 2. The maximum atomic E-state index is 13.6. The minimum atomic E-state index is -0.377. The highest BCUT2D eigenvalue weighted by Gasteiger charge is 2.46. The van der Waals surface area contributed by atoms with E-state index in [1.54, 1.807) is 24.3 Å². The Kier molecular flexibility index (Phi) is 9.48. The van der Waals surface area contributed by atoms with E-state index in [1.807, 2.05) is 90.1 Å². The molecule has 0 radical (unpaired) electrons. The lowest BCUT2D eigenvalue weighted by molar-refractivity contribution is -0.0964. The van der Waals surface area contributed by atoms with Gasteiger partial charge >= 0.3 is 11.9 Å². The van der Waals surface area contributed by atoms with Gasteiger partial charge in [-0.05, 0) is 78.7 Å². The number of hydrogen-bond acceptors (Lipinski definition) is 7. The molecule has 2 aromatic carbocycles. The monoisotopic (exact) mass is 635 g/mol. The molecule has 2 heterocycles. The van der Waals surface area contributed by atoms with Crippen LogP contribution in [0.25, 0.3) is 0 Å². The fraction of sp³-hybridized carbons (Fsp3) is 0.641. The van der Waals surface area contributed by atoms with Crippen molar-refractivity contribution in [3.63, 3.8) is 0 Å². The third kappa shape index (κ3) is 7.25. The second-order valence-corrected chi connectivity index (χ2v) is 17.7. The van der Waals surface area contributed by atoms with Crippen LogP contribution in [0.15, 0.2) is 24.3 Å². The van der Waals surface area contributed by atoms with Crippen molar-refractivity contribution < 1.29 is 29.3 Å². The fourth-order valence-electron chi connectivity index (χ4n) is 7.08. The Bertz CT molecular complexity index is 1300. The molecule has 0 amide bonds. The number of benzene rings is 2. The number of rotatable bonds is 4. The molecule has 0 aliphatic carbocycles. The van der Waals surface area contributed by atoms with E-state index in [0.717, 1.165) is 35.1 Å². The summed E-state index contributed by atoms with van der Waals surface area (Å²) < 4.78 is 12.4. The zero-order valence-corrected chi connectivity index (χ0v) is 30.4. The molecule has 0 aromatic heterocycles. The van der Waals surface area contributed by atoms with Crippen LogP contribution < -0.4 is 0 Å². The number of fused-ring (bicyclic) bond motifs is 2. The lowest BCUT2D eigenvalue weighted by Gasteiger charge is -2.50. The summed E-state index contributed by atoms with van der Waals surface area (Å²) in [6.45, 7) is 24.3. The van der Waals surface area contributed by atoms with E-state index in [9.17, 15) is 19.8 Å². The molecule has 2 N–H and O–H groups in total. The summed E-state index contributed by atoms with van der Waals surface area (Å²) in [5.74, 6) is -0.279. The molecule has 4 rings (SSSR count). The van der Waals surface area contributed by atoms with Gasteiger partial charge < -0.3 is 19.7 Å². The highest BCUT2D eigenvalue weighted by molar-refractivity contribution is 5.91. The van der Waals surface area contributed by atoms with Crippen LogP contribution in [0, 0.1) is 0 Å². The minimum Gasteiger partial charge on any atom is -0.507 e. The number of likely N-dealkylation sites (N-methyl/N-ethyl adjacent to an activating group) is 1. The quantitative estimate of drug-likeness (QED) is 0.326. The van der Waals surface area contributed by atoms with Crippen molar-refractivity contribution >= 4 is 11.9 Å². The van der Waals surface area contributed by atoms with Gasteiger partial charge in [0.25, 0.3) is 0 Å². The second kappa shape index (κ2) is 12.2. The average Bonchev–Trinajstić information content (AvgIpc) is 2.88. The molecule has 2 fully saturated rings. The Balaban J connectivity index is 1.51. The fourth-order valence-corrected chi connectivity index (χ4v) is 7.08. The van der Waals surface area contributed by atoms with Gasteiger partial charge in [0.1, 0.15) is 23.7 Å². The molecule has 0 spiro atoms. The predicted molar refractivity (Wildman–Crippen MR) is 183 cm³/mol. The number of phenols is 2. The van der Waals surface area contributed by atoms with Crippen LogP contribution in [0.4, 0.5) is 0 Å². The number of esters is 2. The number of aromatic hydroxyl groups is 2. The van der Waals surface area contributed by atoms with Crippen LogP contribution in [0.2, 0.25) is 0 Å². The average molecular weight is 636 g/mol. The summed E-state index contributed by atoms with van der Waals surface area (Å²) in [6.07, 6.45) is 2.26. The molecule has 2 aliphatic rings. The summed E-state index contributed by atoms with van der Waals surface area (Å²) in [7, 11) is 2.03. The van der Waals surface area contributed by atoms with Crippen LogP contribution in [-0.2, 0) is 31.1 Å². The maximum absolute atomic E-state index is 13.6. The predicted octanol–water partition coefficient (Wildman–Crippen LogP) is 8.30. The Labute approximate surface area is 276 Å². The molecular formula is C39H57NO6. The molecule has 7 heteroatoms. The first-order valence-corrected chi connectivity index (χ1v) is 16.8. The van der Waals surface area contributed by atoms with Crippen LogP contribution >= 0.6 is 0 Å². The number of piperidine rings is 2. The zero-order chi connectivity index (χ0) is 34.7. The Morgan fingerprint density at radius 3 is 1.07 bits per heavy atom. The van der Waals surface area contributed by atoms with Crippen molar-refractivity contribution in [3.05, 3.63) is 57.6 Å². The third-order valence-electron chi connectivity index (χ3n) is 9.84. The Hall–Kier alpha value is -3.06. The standard InChI is InChI=1S/C39H57NO6/c1-36(2,3)24-18-22(19-25(32(24)41)37(4,5)6)34(43)45-30-16-14-29-31(17-15-28(30)40(29)13)46-35(44)23-20-26(38(7,8)9)33(42)27(21-23)39(10,11)12/h18-21,28-31,41-42H,14-17H2,1-13H3. The van der Waals surface area contributed by atoms with Crippen LogP contribution in [0.3, 0.4) is 0 Å². The van der Waals surface area contributed by atoms with E-state index in [2.05, 4.69) is 4.90 Å². The largest absolute Gasteiger partial charge is 0.507 e. The number of ether oxygens (including phenoxy) is 2. The first-order chi connectivity index (χ1) is 20.9. The van der Waals surface area contributed by atoms with E-state index < -0.39 is 0 Å². The maximum Gasteiger partial charge on any atom is 0.338 e. The molecule has 4 atom stereocenters. The molecule has 2 saturated heterocycles. The first kappa shape index (κ1) is 35.8. The van der Waals surface area contributed by atoms with Crippen molar-refractivity contribution in [1.82, 2.24) is 4.90 Å².